The van der Waals surface area contributed by atoms with E-state index in [1.165, 1.54) is 7.11 Å². The van der Waals surface area contributed by atoms with Gasteiger partial charge in [0.2, 0.25) is 11.8 Å². The molecule has 2 aromatic rings. The summed E-state index contributed by atoms with van der Waals surface area (Å²) in [6.07, 6.45) is -4.63. The lowest BCUT2D eigenvalue weighted by Gasteiger charge is -2.13. The monoisotopic (exact) mass is 376 g/mol. The van der Waals surface area contributed by atoms with Crippen molar-refractivity contribution in [3.8, 4) is 5.88 Å². The van der Waals surface area contributed by atoms with Crippen molar-refractivity contribution in [3.63, 3.8) is 0 Å². The minimum Gasteiger partial charge on any atom is -0.481 e. The van der Waals surface area contributed by atoms with E-state index in [1.807, 2.05) is 0 Å². The van der Waals surface area contributed by atoms with Gasteiger partial charge in [0.25, 0.3) is 0 Å². The van der Waals surface area contributed by atoms with Crippen LogP contribution in [0.3, 0.4) is 0 Å². The molecule has 0 bridgehead atoms. The number of alkyl halides is 3. The van der Waals surface area contributed by atoms with Crippen molar-refractivity contribution in [1.82, 2.24) is 15.3 Å². The van der Waals surface area contributed by atoms with Crippen molar-refractivity contribution in [2.45, 2.75) is 12.7 Å². The Hall–Kier alpha value is -2.13. The lowest BCUT2D eigenvalue weighted by Crippen LogP contribution is -2.29. The molecule has 0 atom stereocenters. The van der Waals surface area contributed by atoms with Crippen LogP contribution in [0.5, 0.6) is 5.88 Å². The molecule has 0 radical (unpaired) electrons. The van der Waals surface area contributed by atoms with Gasteiger partial charge in [0.1, 0.15) is 0 Å². The molecule has 0 saturated heterocycles. The van der Waals surface area contributed by atoms with Crippen molar-refractivity contribution in [2.75, 3.05) is 12.4 Å². The fourth-order valence-corrected chi connectivity index (χ4v) is 2.06. The van der Waals surface area contributed by atoms with Crippen molar-refractivity contribution >= 4 is 34.9 Å². The third-order valence-corrected chi connectivity index (χ3v) is 3.44. The minimum atomic E-state index is -4.63. The van der Waals surface area contributed by atoms with E-state index in [0.717, 1.165) is 5.56 Å². The molecule has 0 aliphatic heterocycles. The predicted octanol–water partition coefficient (Wildman–Crippen LogP) is 3.64. The Morgan fingerprint density at radius 2 is 2.00 bits per heavy atom. The van der Waals surface area contributed by atoms with Crippen LogP contribution in [0.15, 0.2) is 30.3 Å². The number of benzene rings is 1. The van der Waals surface area contributed by atoms with E-state index in [2.05, 4.69) is 20.6 Å². The second kappa shape index (κ2) is 7.63. The van der Waals surface area contributed by atoms with E-state index in [-0.39, 0.29) is 16.9 Å². The van der Waals surface area contributed by atoms with Gasteiger partial charge in [-0.2, -0.15) is 18.2 Å². The quantitative estimate of drug-likeness (QED) is 0.794. The van der Waals surface area contributed by atoms with Gasteiger partial charge in [-0.25, -0.2) is 4.98 Å². The zero-order valence-electron chi connectivity index (χ0n) is 12.3. The zero-order chi connectivity index (χ0) is 17.7. The second-order valence-electron chi connectivity index (χ2n) is 4.52. The van der Waals surface area contributed by atoms with Gasteiger partial charge in [-0.3, -0.25) is 0 Å². The predicted molar refractivity (Wildman–Crippen MR) is 88.1 cm³/mol. The van der Waals surface area contributed by atoms with Gasteiger partial charge in [-0.1, -0.05) is 29.8 Å². The summed E-state index contributed by atoms with van der Waals surface area (Å²) < 4.78 is 43.1. The van der Waals surface area contributed by atoms with E-state index in [0.29, 0.717) is 17.6 Å². The summed E-state index contributed by atoms with van der Waals surface area (Å²) in [5, 5.41) is 5.91. The maximum atomic E-state index is 12.8. The highest BCUT2D eigenvalue weighted by Gasteiger charge is 2.34. The molecule has 1 aromatic heterocycles. The molecule has 0 saturated carbocycles. The Morgan fingerprint density at radius 1 is 1.29 bits per heavy atom. The summed E-state index contributed by atoms with van der Waals surface area (Å²) in [5.41, 5.74) is -0.350. The number of rotatable bonds is 4. The molecular weight excluding hydrogens is 365 g/mol. The van der Waals surface area contributed by atoms with Crippen molar-refractivity contribution in [3.05, 3.63) is 46.6 Å². The van der Waals surface area contributed by atoms with Gasteiger partial charge < -0.3 is 15.4 Å². The third kappa shape index (κ3) is 4.93. The Labute approximate surface area is 146 Å². The smallest absolute Gasteiger partial charge is 0.433 e. The molecular formula is C14H12ClF3N4OS. The van der Waals surface area contributed by atoms with Gasteiger partial charge >= 0.3 is 6.18 Å². The summed E-state index contributed by atoms with van der Waals surface area (Å²) in [6, 6.07) is 7.80. The number of aromatic nitrogens is 2. The number of nitrogens with zero attached hydrogens (tertiary/aromatic N) is 2. The van der Waals surface area contributed by atoms with Crippen LogP contribution in [0, 0.1) is 0 Å². The largest absolute Gasteiger partial charge is 0.481 e. The van der Waals surface area contributed by atoms with Crippen molar-refractivity contribution in [1.29, 1.82) is 0 Å². The lowest BCUT2D eigenvalue weighted by atomic mass is 10.2. The molecule has 0 amide bonds. The van der Waals surface area contributed by atoms with Crippen LogP contribution in [-0.4, -0.2) is 22.2 Å². The fraction of sp³-hybridized carbons (Fsp3) is 0.214. The van der Waals surface area contributed by atoms with Crippen LogP contribution in [0.25, 0.3) is 0 Å². The molecule has 0 spiro atoms. The van der Waals surface area contributed by atoms with E-state index < -0.39 is 11.9 Å². The van der Waals surface area contributed by atoms with Gasteiger partial charge in [0, 0.05) is 17.6 Å². The molecule has 10 heteroatoms. The number of thiocarbonyl (C=S) groups is 1. The maximum absolute atomic E-state index is 12.8. The second-order valence-corrected chi connectivity index (χ2v) is 5.33. The van der Waals surface area contributed by atoms with Gasteiger partial charge in [0.05, 0.1) is 7.11 Å². The highest BCUT2D eigenvalue weighted by Crippen LogP contribution is 2.30. The molecule has 5 nitrogen and oxygen atoms in total. The first-order valence-corrected chi connectivity index (χ1v) is 7.36. The van der Waals surface area contributed by atoms with Crippen LogP contribution >= 0.6 is 23.8 Å². The van der Waals surface area contributed by atoms with E-state index in [1.54, 1.807) is 24.3 Å². The zero-order valence-corrected chi connectivity index (χ0v) is 13.9. The Kier molecular flexibility index (Phi) is 5.79. The topological polar surface area (TPSA) is 59.1 Å². The molecule has 0 fully saturated rings. The summed E-state index contributed by atoms with van der Waals surface area (Å²) in [4.78, 5) is 7.16. The summed E-state index contributed by atoms with van der Waals surface area (Å²) in [5.74, 6) is -0.549. The SMILES string of the molecule is COc1cc(C(F)(F)F)nc(NC(=S)NCc2ccccc2Cl)n1. The average Bonchev–Trinajstić information content (AvgIpc) is 2.53. The number of ether oxygens (including phenoxy) is 1. The number of halogens is 4. The van der Waals surface area contributed by atoms with Crippen LogP contribution in [-0.2, 0) is 12.7 Å². The summed E-state index contributed by atoms with van der Waals surface area (Å²) >= 11 is 11.0. The first-order valence-electron chi connectivity index (χ1n) is 6.58. The minimum absolute atomic E-state index is 0.0521. The van der Waals surface area contributed by atoms with Crippen molar-refractivity contribution < 1.29 is 17.9 Å². The Morgan fingerprint density at radius 3 is 2.62 bits per heavy atom. The van der Waals surface area contributed by atoms with Gasteiger partial charge in [0.15, 0.2) is 10.8 Å². The molecule has 2 rings (SSSR count). The molecule has 128 valence electrons. The lowest BCUT2D eigenvalue weighted by molar-refractivity contribution is -0.141. The van der Waals surface area contributed by atoms with Crippen LogP contribution < -0.4 is 15.4 Å². The molecule has 1 aromatic carbocycles. The summed E-state index contributed by atoms with van der Waals surface area (Å²) in [6.45, 7) is 0.293. The summed E-state index contributed by atoms with van der Waals surface area (Å²) in [7, 11) is 1.21. The highest BCUT2D eigenvalue weighted by atomic mass is 35.5. The molecule has 2 N–H and O–H groups in total. The van der Waals surface area contributed by atoms with Crippen LogP contribution in [0.4, 0.5) is 19.1 Å². The third-order valence-electron chi connectivity index (χ3n) is 2.82. The van der Waals surface area contributed by atoms with Crippen LogP contribution in [0.2, 0.25) is 5.02 Å². The van der Waals surface area contributed by atoms with Crippen molar-refractivity contribution in [2.24, 2.45) is 0 Å². The molecule has 1 heterocycles. The normalized spacial score (nSPS) is 11.0. The molecule has 24 heavy (non-hydrogen) atoms. The standard InChI is InChI=1S/C14H12ClF3N4OS/c1-23-11-6-10(14(16,17)18)20-12(21-11)22-13(24)19-7-8-4-2-3-5-9(8)15/h2-6H,7H2,1H3,(H2,19,20,21,22,24). The number of nitrogens with one attached hydrogen (secondary N) is 2. The Balaban J connectivity index is 2.07. The van der Waals surface area contributed by atoms with E-state index >= 15 is 0 Å². The van der Waals surface area contributed by atoms with E-state index in [9.17, 15) is 13.2 Å². The molecule has 0 aliphatic carbocycles. The number of anilines is 1. The maximum Gasteiger partial charge on any atom is 0.433 e. The van der Waals surface area contributed by atoms with Crippen LogP contribution in [0.1, 0.15) is 11.3 Å². The first kappa shape index (κ1) is 18.2. The first-order chi connectivity index (χ1) is 11.3. The van der Waals surface area contributed by atoms with Gasteiger partial charge in [-0.15, -0.1) is 0 Å². The Bertz CT molecular complexity index is 742. The number of methoxy groups -OCH3 is 1. The molecule has 0 aliphatic rings. The highest BCUT2D eigenvalue weighted by molar-refractivity contribution is 7.80. The molecule has 0 unspecified atom stereocenters. The van der Waals surface area contributed by atoms with E-state index in [4.69, 9.17) is 28.6 Å². The average molecular weight is 377 g/mol. The van der Waals surface area contributed by atoms with Gasteiger partial charge in [-0.05, 0) is 23.8 Å². The number of hydrogen-bond donors (Lipinski definition) is 2. The number of hydrogen-bond acceptors (Lipinski definition) is 4. The fourth-order valence-electron chi connectivity index (χ4n) is 1.69.